The van der Waals surface area contributed by atoms with Crippen molar-refractivity contribution in [3.8, 4) is 11.5 Å². The summed E-state index contributed by atoms with van der Waals surface area (Å²) in [5.74, 6) is 1.75. The first kappa shape index (κ1) is 21.2. The Balaban J connectivity index is 1.95. The zero-order valence-corrected chi connectivity index (χ0v) is 17.1. The van der Waals surface area contributed by atoms with E-state index in [1.54, 1.807) is 0 Å². The molecule has 1 aromatic rings. The number of carbonyl (C=O) groups is 2. The van der Waals surface area contributed by atoms with Crippen molar-refractivity contribution in [3.63, 3.8) is 0 Å². The summed E-state index contributed by atoms with van der Waals surface area (Å²) in [5.41, 5.74) is 1.70. The van der Waals surface area contributed by atoms with Crippen molar-refractivity contribution in [2.75, 3.05) is 6.79 Å². The number of benzene rings is 1. The first-order valence-electron chi connectivity index (χ1n) is 10.1. The lowest BCUT2D eigenvalue weighted by Crippen LogP contribution is -2.36. The number of rotatable bonds is 11. The van der Waals surface area contributed by atoms with E-state index in [4.69, 9.17) is 9.47 Å². The van der Waals surface area contributed by atoms with E-state index in [-0.39, 0.29) is 11.6 Å². The molecule has 0 unspecified atom stereocenters. The van der Waals surface area contributed by atoms with Gasteiger partial charge in [-0.3, -0.25) is 9.59 Å². The summed E-state index contributed by atoms with van der Waals surface area (Å²) >= 11 is 0. The minimum absolute atomic E-state index is 0.0603. The largest absolute Gasteiger partial charge is 0.454 e. The van der Waals surface area contributed by atoms with E-state index in [0.29, 0.717) is 26.1 Å². The summed E-state index contributed by atoms with van der Waals surface area (Å²) in [6, 6.07) is 6.07. The van der Waals surface area contributed by atoms with Crippen LogP contribution in [0.2, 0.25) is 0 Å². The van der Waals surface area contributed by atoms with E-state index < -0.39 is 5.41 Å². The van der Waals surface area contributed by atoms with Crippen LogP contribution in [0.1, 0.15) is 71.8 Å². The molecule has 0 aliphatic carbocycles. The molecule has 2 rings (SSSR count). The monoisotopic (exact) mass is 372 g/mol. The lowest BCUT2D eigenvalue weighted by molar-refractivity contribution is -0.140. The normalized spacial score (nSPS) is 13.7. The van der Waals surface area contributed by atoms with E-state index in [2.05, 4.69) is 19.1 Å². The average Bonchev–Trinajstić information content (AvgIpc) is 3.16. The fourth-order valence-electron chi connectivity index (χ4n) is 3.59. The van der Waals surface area contributed by atoms with Crippen molar-refractivity contribution < 1.29 is 19.1 Å². The molecule has 4 nitrogen and oxygen atoms in total. The Morgan fingerprint density at radius 1 is 1.04 bits per heavy atom. The smallest absolute Gasteiger partial charge is 0.231 e. The highest BCUT2D eigenvalue weighted by molar-refractivity contribution is 6.06. The molecule has 1 aliphatic rings. The second-order valence-electron chi connectivity index (χ2n) is 7.33. The average molecular weight is 373 g/mol. The zero-order chi connectivity index (χ0) is 19.9. The fraction of sp³-hybridized carbons (Fsp3) is 0.565. The van der Waals surface area contributed by atoms with Gasteiger partial charge >= 0.3 is 0 Å². The van der Waals surface area contributed by atoms with E-state index >= 15 is 0 Å². The minimum atomic E-state index is -0.838. The van der Waals surface area contributed by atoms with E-state index in [1.165, 1.54) is 11.1 Å². The van der Waals surface area contributed by atoms with E-state index in [0.717, 1.165) is 37.2 Å². The van der Waals surface area contributed by atoms with E-state index in [1.807, 2.05) is 32.9 Å². The number of ether oxygens (including phenoxy) is 2. The van der Waals surface area contributed by atoms with Crippen LogP contribution in [-0.2, 0) is 16.0 Å². The third kappa shape index (κ3) is 5.21. The Morgan fingerprint density at radius 3 is 2.33 bits per heavy atom. The second kappa shape index (κ2) is 9.72. The molecule has 0 bridgehead atoms. The Bertz CT molecular complexity index is 686. The number of Topliss-reactive ketones (excluding diaryl/α,β-unsaturated/α-hetero) is 2. The van der Waals surface area contributed by atoms with Gasteiger partial charge in [-0.05, 0) is 56.7 Å². The number of fused-ring (bicyclic) bond motifs is 1. The molecule has 27 heavy (non-hydrogen) atoms. The van der Waals surface area contributed by atoms with Crippen molar-refractivity contribution in [2.24, 2.45) is 5.41 Å². The van der Waals surface area contributed by atoms with Gasteiger partial charge in [0, 0.05) is 12.8 Å². The molecule has 1 aliphatic heterocycles. The molecule has 1 aromatic carbocycles. The summed E-state index contributed by atoms with van der Waals surface area (Å²) in [4.78, 5) is 24.7. The molecule has 4 heteroatoms. The Labute approximate surface area is 162 Å². The Kier molecular flexibility index (Phi) is 7.64. The van der Waals surface area contributed by atoms with Gasteiger partial charge in [-0.25, -0.2) is 0 Å². The maximum Gasteiger partial charge on any atom is 0.231 e. The summed E-state index contributed by atoms with van der Waals surface area (Å²) < 4.78 is 10.8. The van der Waals surface area contributed by atoms with Gasteiger partial charge in [-0.2, -0.15) is 0 Å². The predicted octanol–water partition coefficient (Wildman–Crippen LogP) is 5.43. The zero-order valence-electron chi connectivity index (χ0n) is 17.1. The topological polar surface area (TPSA) is 52.6 Å². The van der Waals surface area contributed by atoms with Crippen molar-refractivity contribution in [3.05, 3.63) is 35.4 Å². The minimum Gasteiger partial charge on any atom is -0.454 e. The number of hydrogen-bond acceptors (Lipinski definition) is 4. The molecule has 0 aromatic heterocycles. The molecule has 0 amide bonds. The first-order chi connectivity index (χ1) is 12.9. The van der Waals surface area contributed by atoms with Gasteiger partial charge in [0.1, 0.15) is 11.6 Å². The summed E-state index contributed by atoms with van der Waals surface area (Å²) in [6.07, 6.45) is 7.30. The molecule has 0 atom stereocenters. The number of hydrogen-bond donors (Lipinski definition) is 0. The van der Waals surface area contributed by atoms with Crippen LogP contribution in [0.15, 0.2) is 29.8 Å². The van der Waals surface area contributed by atoms with Crippen molar-refractivity contribution in [1.29, 1.82) is 0 Å². The highest BCUT2D eigenvalue weighted by Crippen LogP contribution is 2.33. The molecular weight excluding hydrogens is 340 g/mol. The van der Waals surface area contributed by atoms with Crippen LogP contribution in [0.5, 0.6) is 11.5 Å². The third-order valence-corrected chi connectivity index (χ3v) is 5.58. The number of ketones is 2. The van der Waals surface area contributed by atoms with Crippen molar-refractivity contribution in [1.82, 2.24) is 0 Å². The lowest BCUT2D eigenvalue weighted by Gasteiger charge is -2.26. The predicted molar refractivity (Wildman–Crippen MR) is 107 cm³/mol. The quantitative estimate of drug-likeness (QED) is 0.384. The van der Waals surface area contributed by atoms with Gasteiger partial charge in [0.2, 0.25) is 6.79 Å². The molecular formula is C23H32O4. The SMILES string of the molecule is CCC(=O)C(C)(CCC(=CCCc1ccc2c(c1)OCO2)CC)C(=O)CC. The number of aryl methyl sites for hydroxylation is 1. The first-order valence-corrected chi connectivity index (χ1v) is 10.1. The number of carbonyl (C=O) groups excluding carboxylic acids is 2. The van der Waals surface area contributed by atoms with Crippen LogP contribution in [0, 0.1) is 5.41 Å². The highest BCUT2D eigenvalue weighted by atomic mass is 16.7. The van der Waals surface area contributed by atoms with Crippen LogP contribution in [0.3, 0.4) is 0 Å². The van der Waals surface area contributed by atoms with Gasteiger partial charge in [0.25, 0.3) is 0 Å². The summed E-state index contributed by atoms with van der Waals surface area (Å²) in [5, 5.41) is 0. The van der Waals surface area contributed by atoms with Gasteiger partial charge in [-0.1, -0.05) is 38.5 Å². The van der Waals surface area contributed by atoms with Crippen molar-refractivity contribution in [2.45, 2.75) is 72.6 Å². The Morgan fingerprint density at radius 2 is 1.70 bits per heavy atom. The molecule has 0 saturated carbocycles. The molecule has 148 valence electrons. The van der Waals surface area contributed by atoms with E-state index in [9.17, 15) is 9.59 Å². The molecule has 0 radical (unpaired) electrons. The summed E-state index contributed by atoms with van der Waals surface area (Å²) in [7, 11) is 0. The molecule has 1 heterocycles. The van der Waals surface area contributed by atoms with Gasteiger partial charge < -0.3 is 9.47 Å². The molecule has 0 fully saturated rings. The van der Waals surface area contributed by atoms with Crippen LogP contribution < -0.4 is 9.47 Å². The van der Waals surface area contributed by atoms with Crippen LogP contribution in [-0.4, -0.2) is 18.4 Å². The van der Waals surface area contributed by atoms with Crippen molar-refractivity contribution >= 4 is 11.6 Å². The maximum atomic E-state index is 12.4. The van der Waals surface area contributed by atoms with Gasteiger partial charge in [0.05, 0.1) is 5.41 Å². The molecule has 0 N–H and O–H groups in total. The maximum absolute atomic E-state index is 12.4. The molecule has 0 saturated heterocycles. The fourth-order valence-corrected chi connectivity index (χ4v) is 3.59. The highest BCUT2D eigenvalue weighted by Gasteiger charge is 2.37. The van der Waals surface area contributed by atoms with Crippen LogP contribution in [0.4, 0.5) is 0 Å². The Hall–Kier alpha value is -2.10. The van der Waals surface area contributed by atoms with Gasteiger partial charge in [-0.15, -0.1) is 0 Å². The third-order valence-electron chi connectivity index (χ3n) is 5.58. The second-order valence-corrected chi connectivity index (χ2v) is 7.33. The lowest BCUT2D eigenvalue weighted by atomic mass is 9.74. The van der Waals surface area contributed by atoms with Crippen LogP contribution >= 0.6 is 0 Å². The van der Waals surface area contributed by atoms with Gasteiger partial charge in [0.15, 0.2) is 11.5 Å². The summed E-state index contributed by atoms with van der Waals surface area (Å²) in [6.45, 7) is 7.93. The number of allylic oxidation sites excluding steroid dienone is 2. The standard InChI is InChI=1S/C23H32O4/c1-5-17(13-14-23(4,21(24)6-2)22(25)7-3)9-8-10-18-11-12-19-20(15-18)27-16-26-19/h9,11-12,15H,5-8,10,13-14,16H2,1-4H3. The molecule has 0 spiro atoms. The van der Waals surface area contributed by atoms with Crippen LogP contribution in [0.25, 0.3) is 0 Å².